The first-order valence-electron chi connectivity index (χ1n) is 10.1. The van der Waals surface area contributed by atoms with Gasteiger partial charge in [-0.3, -0.25) is 14.4 Å². The Morgan fingerprint density at radius 3 is 2.19 bits per heavy atom. The largest absolute Gasteiger partial charge is 0.346 e. The molecule has 2 aromatic rings. The third kappa shape index (κ3) is 7.47. The Morgan fingerprint density at radius 1 is 1.00 bits per heavy atom. The lowest BCUT2D eigenvalue weighted by Gasteiger charge is -2.22. The van der Waals surface area contributed by atoms with Crippen LogP contribution in [0.2, 0.25) is 0 Å². The van der Waals surface area contributed by atoms with Gasteiger partial charge in [0.2, 0.25) is 27.7 Å². The van der Waals surface area contributed by atoms with Gasteiger partial charge >= 0.3 is 0 Å². The number of carbonyl (C=O) groups excluding carboxylic acids is 3. The van der Waals surface area contributed by atoms with Gasteiger partial charge in [-0.05, 0) is 43.7 Å². The molecule has 0 bridgehead atoms. The molecular weight excluding hydrogens is 432 g/mol. The number of sulfonamides is 1. The van der Waals surface area contributed by atoms with Crippen LogP contribution in [0.5, 0.6) is 0 Å². The average molecular weight is 461 g/mol. The lowest BCUT2D eigenvalue weighted by molar-refractivity contribution is -0.133. The van der Waals surface area contributed by atoms with Gasteiger partial charge in [-0.25, -0.2) is 8.42 Å². The van der Waals surface area contributed by atoms with Gasteiger partial charge < -0.3 is 15.5 Å². The van der Waals surface area contributed by atoms with Crippen LogP contribution >= 0.6 is 0 Å². The second-order valence-electron chi connectivity index (χ2n) is 7.16. The summed E-state index contributed by atoms with van der Waals surface area (Å²) in [5.41, 5.74) is 1.43. The minimum atomic E-state index is -3.97. The van der Waals surface area contributed by atoms with Gasteiger partial charge in [-0.15, -0.1) is 0 Å². The molecule has 0 aliphatic heterocycles. The van der Waals surface area contributed by atoms with Crippen LogP contribution in [0.15, 0.2) is 59.5 Å². The van der Waals surface area contributed by atoms with Crippen molar-refractivity contribution in [2.45, 2.75) is 38.3 Å². The van der Waals surface area contributed by atoms with Gasteiger partial charge in [-0.2, -0.15) is 4.72 Å². The van der Waals surface area contributed by atoms with Crippen LogP contribution < -0.4 is 15.4 Å². The van der Waals surface area contributed by atoms with E-state index in [4.69, 9.17) is 0 Å². The molecule has 2 rings (SSSR count). The molecule has 2 aromatic carbocycles. The van der Waals surface area contributed by atoms with Gasteiger partial charge in [0.05, 0.1) is 17.5 Å². The Hall–Kier alpha value is -3.24. The lowest BCUT2D eigenvalue weighted by Crippen LogP contribution is -2.48. The third-order valence-corrected chi connectivity index (χ3v) is 6.13. The molecule has 0 unspecified atom stereocenters. The number of rotatable bonds is 10. The number of hydrogen-bond donors (Lipinski definition) is 3. The second kappa shape index (κ2) is 11.4. The number of benzene rings is 2. The first-order chi connectivity index (χ1) is 15.1. The quantitative estimate of drug-likeness (QED) is 0.495. The molecule has 172 valence electrons. The van der Waals surface area contributed by atoms with Crippen LogP contribution in [-0.2, 0) is 31.0 Å². The topological polar surface area (TPSA) is 125 Å². The molecule has 0 spiro atoms. The van der Waals surface area contributed by atoms with E-state index in [1.54, 1.807) is 4.90 Å². The van der Waals surface area contributed by atoms with Crippen LogP contribution in [0.3, 0.4) is 0 Å². The zero-order valence-electron chi connectivity index (χ0n) is 18.3. The minimum absolute atomic E-state index is 0.0534. The minimum Gasteiger partial charge on any atom is -0.346 e. The fourth-order valence-corrected chi connectivity index (χ4v) is 4.09. The van der Waals surface area contributed by atoms with E-state index in [1.165, 1.54) is 38.1 Å². The Balaban J connectivity index is 1.91. The zero-order chi connectivity index (χ0) is 23.7. The van der Waals surface area contributed by atoms with E-state index < -0.39 is 22.0 Å². The van der Waals surface area contributed by atoms with Crippen LogP contribution in [0.25, 0.3) is 0 Å². The first kappa shape index (κ1) is 25.0. The summed E-state index contributed by atoms with van der Waals surface area (Å²) < 4.78 is 27.3. The molecular formula is C22H28N4O5S. The number of amides is 3. The van der Waals surface area contributed by atoms with Crippen molar-refractivity contribution in [1.29, 1.82) is 0 Å². The molecule has 0 fully saturated rings. The van der Waals surface area contributed by atoms with Gasteiger partial charge in [0.15, 0.2) is 0 Å². The maximum absolute atomic E-state index is 12.5. The Kier molecular flexibility index (Phi) is 8.91. The van der Waals surface area contributed by atoms with Gasteiger partial charge in [0.25, 0.3) is 0 Å². The van der Waals surface area contributed by atoms with Crippen LogP contribution in [-0.4, -0.2) is 50.2 Å². The molecule has 9 nitrogen and oxygen atoms in total. The number of nitrogens with zero attached hydrogens (tertiary/aromatic N) is 1. The number of likely N-dealkylation sites (N-methyl/N-ethyl adjacent to an activating group) is 1. The van der Waals surface area contributed by atoms with E-state index in [0.717, 1.165) is 5.56 Å². The van der Waals surface area contributed by atoms with Crippen molar-refractivity contribution in [2.75, 3.05) is 18.4 Å². The number of nitrogens with one attached hydrogen (secondary N) is 3. The van der Waals surface area contributed by atoms with E-state index in [2.05, 4.69) is 15.4 Å². The van der Waals surface area contributed by atoms with E-state index in [-0.39, 0.29) is 23.3 Å². The monoisotopic (exact) mass is 460 g/mol. The number of hydrogen-bond acceptors (Lipinski definition) is 5. The highest BCUT2D eigenvalue weighted by Crippen LogP contribution is 2.14. The Morgan fingerprint density at radius 2 is 1.62 bits per heavy atom. The lowest BCUT2D eigenvalue weighted by atomic mass is 10.2. The maximum atomic E-state index is 12.5. The molecule has 1 atom stereocenters. The maximum Gasteiger partial charge on any atom is 0.242 e. The van der Waals surface area contributed by atoms with Crippen LogP contribution in [0, 0.1) is 0 Å². The van der Waals surface area contributed by atoms with E-state index >= 15 is 0 Å². The van der Waals surface area contributed by atoms with E-state index in [9.17, 15) is 22.8 Å². The van der Waals surface area contributed by atoms with Crippen molar-refractivity contribution >= 4 is 33.4 Å². The number of anilines is 1. The Labute approximate surface area is 188 Å². The van der Waals surface area contributed by atoms with Gasteiger partial charge in [0, 0.05) is 25.7 Å². The SMILES string of the molecule is CCN(Cc1ccccc1)C(=O)CNC(=O)[C@H](C)NS(=O)(=O)c1ccc(NC(C)=O)cc1. The van der Waals surface area contributed by atoms with Gasteiger partial charge in [0.1, 0.15) is 0 Å². The molecule has 0 aliphatic rings. The van der Waals surface area contributed by atoms with Crippen molar-refractivity contribution in [3.63, 3.8) is 0 Å². The van der Waals surface area contributed by atoms with Gasteiger partial charge in [-0.1, -0.05) is 30.3 Å². The van der Waals surface area contributed by atoms with E-state index in [1.807, 2.05) is 37.3 Å². The summed E-state index contributed by atoms with van der Waals surface area (Å²) in [7, 11) is -3.97. The van der Waals surface area contributed by atoms with Crippen molar-refractivity contribution in [3.8, 4) is 0 Å². The summed E-state index contributed by atoms with van der Waals surface area (Å²) in [5.74, 6) is -1.16. The molecule has 0 aromatic heterocycles. The summed E-state index contributed by atoms with van der Waals surface area (Å²) in [5, 5.41) is 5.03. The van der Waals surface area contributed by atoms with Crippen LogP contribution in [0.4, 0.5) is 5.69 Å². The molecule has 0 aliphatic carbocycles. The Bertz CT molecular complexity index is 1040. The van der Waals surface area contributed by atoms with Crippen molar-refractivity contribution in [3.05, 3.63) is 60.2 Å². The van der Waals surface area contributed by atoms with Crippen molar-refractivity contribution in [2.24, 2.45) is 0 Å². The fraction of sp³-hybridized carbons (Fsp3) is 0.318. The van der Waals surface area contributed by atoms with E-state index in [0.29, 0.717) is 18.8 Å². The molecule has 0 radical (unpaired) electrons. The van der Waals surface area contributed by atoms with Crippen molar-refractivity contribution < 1.29 is 22.8 Å². The predicted molar refractivity (Wildman–Crippen MR) is 121 cm³/mol. The van der Waals surface area contributed by atoms with Crippen LogP contribution in [0.1, 0.15) is 26.3 Å². The summed E-state index contributed by atoms with van der Waals surface area (Å²) in [4.78, 5) is 37.4. The summed E-state index contributed by atoms with van der Waals surface area (Å²) in [6, 6.07) is 13.9. The molecule has 3 amide bonds. The third-order valence-electron chi connectivity index (χ3n) is 4.57. The predicted octanol–water partition coefficient (Wildman–Crippen LogP) is 1.48. The molecule has 0 saturated heterocycles. The summed E-state index contributed by atoms with van der Waals surface area (Å²) in [6.45, 7) is 5.24. The molecule has 10 heteroatoms. The second-order valence-corrected chi connectivity index (χ2v) is 8.87. The normalized spacial score (nSPS) is 12.0. The highest BCUT2D eigenvalue weighted by Gasteiger charge is 2.23. The highest BCUT2D eigenvalue weighted by atomic mass is 32.2. The molecule has 3 N–H and O–H groups in total. The summed E-state index contributed by atoms with van der Waals surface area (Å²) >= 11 is 0. The number of carbonyl (C=O) groups is 3. The smallest absolute Gasteiger partial charge is 0.242 e. The zero-order valence-corrected chi connectivity index (χ0v) is 19.1. The summed E-state index contributed by atoms with van der Waals surface area (Å²) in [6.07, 6.45) is 0. The molecule has 0 saturated carbocycles. The standard InChI is InChI=1S/C22H28N4O5S/c1-4-26(15-18-8-6-5-7-9-18)21(28)14-23-22(29)16(2)25-32(30,31)20-12-10-19(11-13-20)24-17(3)27/h5-13,16,25H,4,14-15H2,1-3H3,(H,23,29)(H,24,27)/t16-/m0/s1. The first-order valence-corrected chi connectivity index (χ1v) is 11.6. The average Bonchev–Trinajstić information content (AvgIpc) is 2.75. The van der Waals surface area contributed by atoms with Crippen molar-refractivity contribution in [1.82, 2.24) is 14.9 Å². The highest BCUT2D eigenvalue weighted by molar-refractivity contribution is 7.89. The fourth-order valence-electron chi connectivity index (χ4n) is 2.88. The molecule has 32 heavy (non-hydrogen) atoms. The molecule has 0 heterocycles.